The number of carbonyl (C=O) groups excluding carboxylic acids is 1. The number of carbonyl (C=O) groups is 1. The van der Waals surface area contributed by atoms with E-state index < -0.39 is 0 Å². The van der Waals surface area contributed by atoms with Crippen LogP contribution in [0.15, 0.2) is 41.5 Å². The molecule has 1 aromatic carbocycles. The van der Waals surface area contributed by atoms with Gasteiger partial charge >= 0.3 is 0 Å². The highest BCUT2D eigenvalue weighted by atomic mass is 16.1. The largest absolute Gasteiger partial charge is 0.352 e. The van der Waals surface area contributed by atoms with E-state index in [2.05, 4.69) is 22.8 Å². The smallest absolute Gasteiger partial charge is 0.246 e. The molecule has 18 heavy (non-hydrogen) atoms. The van der Waals surface area contributed by atoms with Crippen molar-refractivity contribution in [1.82, 2.24) is 10.6 Å². The van der Waals surface area contributed by atoms with Gasteiger partial charge in [0.25, 0.3) is 0 Å². The van der Waals surface area contributed by atoms with E-state index in [1.165, 1.54) is 11.1 Å². The Morgan fingerprint density at radius 1 is 1.28 bits per heavy atom. The van der Waals surface area contributed by atoms with Crippen LogP contribution in [0.3, 0.4) is 0 Å². The maximum absolute atomic E-state index is 11.8. The molecule has 1 fully saturated rings. The fourth-order valence-electron chi connectivity index (χ4n) is 1.95. The lowest BCUT2D eigenvalue weighted by Crippen LogP contribution is -2.37. The predicted octanol–water partition coefficient (Wildman–Crippen LogP) is 1.66. The van der Waals surface area contributed by atoms with Crippen LogP contribution in [0.1, 0.15) is 18.9 Å². The fraction of sp³-hybridized carbons (Fsp3) is 0.400. The van der Waals surface area contributed by atoms with Crippen LogP contribution in [-0.4, -0.2) is 25.5 Å². The Balaban J connectivity index is 1.68. The summed E-state index contributed by atoms with van der Waals surface area (Å²) in [6.07, 6.45) is 1.99. The molecule has 0 aliphatic carbocycles. The molecule has 2 N–H and O–H groups in total. The van der Waals surface area contributed by atoms with E-state index in [-0.39, 0.29) is 5.91 Å². The van der Waals surface area contributed by atoms with Crippen molar-refractivity contribution in [1.29, 1.82) is 0 Å². The molecule has 0 bridgehead atoms. The van der Waals surface area contributed by atoms with Crippen molar-refractivity contribution in [2.45, 2.75) is 19.8 Å². The normalized spacial score (nSPS) is 13.9. The van der Waals surface area contributed by atoms with Gasteiger partial charge in [-0.25, -0.2) is 0 Å². The molecule has 1 heterocycles. The van der Waals surface area contributed by atoms with Gasteiger partial charge in [-0.05, 0) is 30.9 Å². The summed E-state index contributed by atoms with van der Waals surface area (Å²) in [6, 6.07) is 10.4. The Bertz CT molecular complexity index is 431. The number of amides is 1. The minimum atomic E-state index is 0.0829. The predicted molar refractivity (Wildman–Crippen MR) is 73.3 cm³/mol. The van der Waals surface area contributed by atoms with Crippen LogP contribution < -0.4 is 10.6 Å². The molecule has 3 heteroatoms. The Labute approximate surface area is 108 Å². The Hall–Kier alpha value is -1.61. The number of benzene rings is 1. The summed E-state index contributed by atoms with van der Waals surface area (Å²) in [5.74, 6) is 0.0829. The lowest BCUT2D eigenvalue weighted by molar-refractivity contribution is -0.117. The standard InChI is InChI=1S/C15H20N2O/c1-12(14-10-16-11-14)15(18)17-9-5-8-13-6-3-2-4-7-13/h2-4,6-7,16H,5,8-11H2,1H3,(H,17,18). The zero-order chi connectivity index (χ0) is 12.8. The summed E-state index contributed by atoms with van der Waals surface area (Å²) in [7, 11) is 0. The van der Waals surface area contributed by atoms with Gasteiger partial charge in [0.05, 0.1) is 0 Å². The quantitative estimate of drug-likeness (QED) is 0.611. The van der Waals surface area contributed by atoms with Crippen molar-refractivity contribution in [3.05, 3.63) is 47.0 Å². The van der Waals surface area contributed by atoms with E-state index in [1.807, 2.05) is 25.1 Å². The van der Waals surface area contributed by atoms with Crippen LogP contribution in [0.25, 0.3) is 0 Å². The first-order valence-corrected chi connectivity index (χ1v) is 6.49. The zero-order valence-electron chi connectivity index (χ0n) is 10.8. The summed E-state index contributed by atoms with van der Waals surface area (Å²) in [4.78, 5) is 11.8. The molecule has 1 aromatic rings. The van der Waals surface area contributed by atoms with Crippen molar-refractivity contribution >= 4 is 5.91 Å². The molecular weight excluding hydrogens is 224 g/mol. The maximum atomic E-state index is 11.8. The highest BCUT2D eigenvalue weighted by Gasteiger charge is 2.15. The van der Waals surface area contributed by atoms with Crippen LogP contribution in [-0.2, 0) is 11.2 Å². The van der Waals surface area contributed by atoms with Gasteiger partial charge in [0.1, 0.15) is 0 Å². The van der Waals surface area contributed by atoms with Gasteiger partial charge in [-0.3, -0.25) is 4.79 Å². The van der Waals surface area contributed by atoms with Gasteiger partial charge in [0, 0.05) is 25.2 Å². The molecule has 0 radical (unpaired) electrons. The van der Waals surface area contributed by atoms with E-state index in [0.717, 1.165) is 38.0 Å². The average molecular weight is 244 g/mol. The van der Waals surface area contributed by atoms with Crippen LogP contribution in [0.5, 0.6) is 0 Å². The van der Waals surface area contributed by atoms with Crippen molar-refractivity contribution in [3.63, 3.8) is 0 Å². The van der Waals surface area contributed by atoms with Gasteiger partial charge in [-0.15, -0.1) is 0 Å². The molecule has 2 rings (SSSR count). The molecule has 1 saturated heterocycles. The highest BCUT2D eigenvalue weighted by Crippen LogP contribution is 2.08. The number of aryl methyl sites for hydroxylation is 1. The van der Waals surface area contributed by atoms with Crippen molar-refractivity contribution in [2.24, 2.45) is 0 Å². The van der Waals surface area contributed by atoms with E-state index in [4.69, 9.17) is 0 Å². The minimum absolute atomic E-state index is 0.0829. The molecule has 0 aromatic heterocycles. The van der Waals surface area contributed by atoms with Gasteiger partial charge in [0.2, 0.25) is 5.91 Å². The number of rotatable bonds is 5. The number of nitrogens with one attached hydrogen (secondary N) is 2. The fourth-order valence-corrected chi connectivity index (χ4v) is 1.95. The summed E-state index contributed by atoms with van der Waals surface area (Å²) >= 11 is 0. The molecule has 0 unspecified atom stereocenters. The third kappa shape index (κ3) is 3.44. The summed E-state index contributed by atoms with van der Waals surface area (Å²) in [6.45, 7) is 4.38. The van der Waals surface area contributed by atoms with Crippen molar-refractivity contribution in [2.75, 3.05) is 19.6 Å². The van der Waals surface area contributed by atoms with Gasteiger partial charge in [0.15, 0.2) is 0 Å². The second-order valence-corrected chi connectivity index (χ2v) is 4.68. The Morgan fingerprint density at radius 2 is 2.00 bits per heavy atom. The average Bonchev–Trinajstić information content (AvgIpc) is 2.33. The number of hydrogen-bond acceptors (Lipinski definition) is 2. The van der Waals surface area contributed by atoms with Gasteiger partial charge in [-0.1, -0.05) is 30.3 Å². The van der Waals surface area contributed by atoms with Gasteiger partial charge < -0.3 is 10.6 Å². The summed E-state index contributed by atoms with van der Waals surface area (Å²) in [5, 5.41) is 6.13. The SMILES string of the molecule is CC(C(=O)NCCCc1ccccc1)=C1CNC1. The van der Waals surface area contributed by atoms with Gasteiger partial charge in [-0.2, -0.15) is 0 Å². The molecule has 1 amide bonds. The first-order valence-electron chi connectivity index (χ1n) is 6.49. The van der Waals surface area contributed by atoms with Crippen molar-refractivity contribution in [3.8, 4) is 0 Å². The number of hydrogen-bond donors (Lipinski definition) is 2. The maximum Gasteiger partial charge on any atom is 0.246 e. The molecule has 0 saturated carbocycles. The Morgan fingerprint density at radius 3 is 2.61 bits per heavy atom. The van der Waals surface area contributed by atoms with Crippen molar-refractivity contribution < 1.29 is 4.79 Å². The van der Waals surface area contributed by atoms with E-state index in [1.54, 1.807) is 0 Å². The lowest BCUT2D eigenvalue weighted by atomic mass is 10.0. The van der Waals surface area contributed by atoms with E-state index >= 15 is 0 Å². The molecule has 1 aliphatic rings. The third-order valence-electron chi connectivity index (χ3n) is 3.32. The molecule has 0 atom stereocenters. The third-order valence-corrected chi connectivity index (χ3v) is 3.32. The van der Waals surface area contributed by atoms with Crippen LogP contribution in [0.4, 0.5) is 0 Å². The second-order valence-electron chi connectivity index (χ2n) is 4.68. The summed E-state index contributed by atoms with van der Waals surface area (Å²) in [5.41, 5.74) is 3.44. The highest BCUT2D eigenvalue weighted by molar-refractivity contribution is 5.93. The zero-order valence-corrected chi connectivity index (χ0v) is 10.8. The lowest BCUT2D eigenvalue weighted by Gasteiger charge is -2.21. The monoisotopic (exact) mass is 244 g/mol. The van der Waals surface area contributed by atoms with Crippen LogP contribution >= 0.6 is 0 Å². The molecule has 96 valence electrons. The first kappa shape index (κ1) is 12.8. The van der Waals surface area contributed by atoms with E-state index in [0.29, 0.717) is 0 Å². The summed E-state index contributed by atoms with van der Waals surface area (Å²) < 4.78 is 0. The first-order chi connectivity index (χ1) is 8.77. The molecular formula is C15H20N2O. The van der Waals surface area contributed by atoms with Crippen LogP contribution in [0, 0.1) is 0 Å². The minimum Gasteiger partial charge on any atom is -0.352 e. The molecule has 1 aliphatic heterocycles. The molecule has 3 nitrogen and oxygen atoms in total. The second kappa shape index (κ2) is 6.36. The topological polar surface area (TPSA) is 41.1 Å². The Kier molecular flexibility index (Phi) is 4.53. The van der Waals surface area contributed by atoms with Crippen LogP contribution in [0.2, 0.25) is 0 Å². The van der Waals surface area contributed by atoms with E-state index in [9.17, 15) is 4.79 Å². The molecule has 0 spiro atoms.